The van der Waals surface area contributed by atoms with Crippen molar-refractivity contribution in [2.45, 2.75) is 25.2 Å². The average Bonchev–Trinajstić information content (AvgIpc) is 2.39. The van der Waals surface area contributed by atoms with Gasteiger partial charge in [0, 0.05) is 17.5 Å². The summed E-state index contributed by atoms with van der Waals surface area (Å²) in [6, 6.07) is 7.89. The SMILES string of the molecule is O=S1(=O)CCCC2(CCNCC2c2ccc(Cl)cc2)C1. The number of piperidine rings is 1. The van der Waals surface area contributed by atoms with Crippen LogP contribution in [0.3, 0.4) is 0 Å². The Morgan fingerprint density at radius 3 is 2.65 bits per heavy atom. The van der Waals surface area contributed by atoms with Gasteiger partial charge < -0.3 is 5.32 Å². The molecule has 2 heterocycles. The largest absolute Gasteiger partial charge is 0.316 e. The molecule has 0 aromatic heterocycles. The highest BCUT2D eigenvalue weighted by molar-refractivity contribution is 7.91. The molecule has 20 heavy (non-hydrogen) atoms. The van der Waals surface area contributed by atoms with E-state index in [1.807, 2.05) is 24.3 Å². The first-order valence-corrected chi connectivity index (χ1v) is 9.37. The molecular weight excluding hydrogens is 294 g/mol. The second kappa shape index (κ2) is 5.32. The van der Waals surface area contributed by atoms with Crippen molar-refractivity contribution in [1.29, 1.82) is 0 Å². The number of hydrogen-bond acceptors (Lipinski definition) is 3. The smallest absolute Gasteiger partial charge is 0.150 e. The molecule has 1 spiro atoms. The van der Waals surface area contributed by atoms with Gasteiger partial charge in [0.2, 0.25) is 0 Å². The summed E-state index contributed by atoms with van der Waals surface area (Å²) in [7, 11) is -2.89. The number of benzene rings is 1. The van der Waals surface area contributed by atoms with Crippen LogP contribution in [-0.2, 0) is 9.84 Å². The highest BCUT2D eigenvalue weighted by Crippen LogP contribution is 2.47. The fourth-order valence-electron chi connectivity index (χ4n) is 3.84. The molecule has 1 aromatic rings. The number of halogens is 1. The standard InChI is InChI=1S/C15H20ClNO2S/c16-13-4-2-12(3-5-13)14-10-17-8-7-15(14)6-1-9-20(18,19)11-15/h2-5,14,17H,1,6-11H2. The van der Waals surface area contributed by atoms with Crippen molar-refractivity contribution in [3.05, 3.63) is 34.9 Å². The molecule has 3 nitrogen and oxygen atoms in total. The maximum Gasteiger partial charge on any atom is 0.150 e. The lowest BCUT2D eigenvalue weighted by molar-refractivity contribution is 0.168. The van der Waals surface area contributed by atoms with Gasteiger partial charge in [-0.1, -0.05) is 23.7 Å². The molecule has 2 unspecified atom stereocenters. The molecule has 110 valence electrons. The first kappa shape index (κ1) is 14.4. The zero-order valence-corrected chi connectivity index (χ0v) is 13.0. The minimum Gasteiger partial charge on any atom is -0.316 e. The summed E-state index contributed by atoms with van der Waals surface area (Å²) >= 11 is 5.96. The van der Waals surface area contributed by atoms with Crippen LogP contribution in [0.2, 0.25) is 5.02 Å². The molecule has 1 N–H and O–H groups in total. The number of rotatable bonds is 1. The van der Waals surface area contributed by atoms with Gasteiger partial charge in [0.05, 0.1) is 11.5 Å². The topological polar surface area (TPSA) is 46.2 Å². The van der Waals surface area contributed by atoms with Crippen molar-refractivity contribution in [1.82, 2.24) is 5.32 Å². The Bertz CT molecular complexity index is 580. The van der Waals surface area contributed by atoms with Crippen LogP contribution >= 0.6 is 11.6 Å². The van der Waals surface area contributed by atoms with Gasteiger partial charge in [-0.15, -0.1) is 0 Å². The van der Waals surface area contributed by atoms with E-state index in [2.05, 4.69) is 5.32 Å². The summed E-state index contributed by atoms with van der Waals surface area (Å²) in [4.78, 5) is 0. The van der Waals surface area contributed by atoms with Crippen LogP contribution in [0.4, 0.5) is 0 Å². The Labute approximate surface area is 125 Å². The zero-order valence-electron chi connectivity index (χ0n) is 11.4. The van der Waals surface area contributed by atoms with Crippen molar-refractivity contribution in [3.63, 3.8) is 0 Å². The quantitative estimate of drug-likeness (QED) is 0.867. The molecule has 0 saturated carbocycles. The van der Waals surface area contributed by atoms with E-state index in [1.165, 1.54) is 5.56 Å². The van der Waals surface area contributed by atoms with E-state index < -0.39 is 9.84 Å². The Balaban J connectivity index is 1.96. The van der Waals surface area contributed by atoms with Gasteiger partial charge in [0.15, 0.2) is 9.84 Å². The summed E-state index contributed by atoms with van der Waals surface area (Å²) in [6.07, 6.45) is 2.76. The lowest BCUT2D eigenvalue weighted by Gasteiger charge is -2.47. The maximum absolute atomic E-state index is 12.1. The molecule has 2 atom stereocenters. The van der Waals surface area contributed by atoms with Crippen molar-refractivity contribution in [3.8, 4) is 0 Å². The fourth-order valence-corrected chi connectivity index (χ4v) is 6.06. The Morgan fingerprint density at radius 2 is 1.95 bits per heavy atom. The van der Waals surface area contributed by atoms with E-state index in [9.17, 15) is 8.42 Å². The van der Waals surface area contributed by atoms with Crippen LogP contribution < -0.4 is 5.32 Å². The van der Waals surface area contributed by atoms with Gasteiger partial charge in [-0.3, -0.25) is 0 Å². The van der Waals surface area contributed by atoms with Crippen LogP contribution in [0.25, 0.3) is 0 Å². The average molecular weight is 314 g/mol. The molecule has 0 amide bonds. The van der Waals surface area contributed by atoms with Crippen molar-refractivity contribution >= 4 is 21.4 Å². The van der Waals surface area contributed by atoms with Gasteiger partial charge in [-0.05, 0) is 48.9 Å². The highest BCUT2D eigenvalue weighted by Gasteiger charge is 2.46. The van der Waals surface area contributed by atoms with Crippen molar-refractivity contribution in [2.75, 3.05) is 24.6 Å². The Morgan fingerprint density at radius 1 is 1.20 bits per heavy atom. The third-order valence-corrected chi connectivity index (χ3v) is 6.97. The van der Waals surface area contributed by atoms with E-state index in [1.54, 1.807) is 0 Å². The fraction of sp³-hybridized carbons (Fsp3) is 0.600. The van der Waals surface area contributed by atoms with Crippen LogP contribution in [0.15, 0.2) is 24.3 Å². The van der Waals surface area contributed by atoms with Crippen molar-refractivity contribution < 1.29 is 8.42 Å². The van der Waals surface area contributed by atoms with E-state index in [4.69, 9.17) is 11.6 Å². The van der Waals surface area contributed by atoms with Crippen LogP contribution in [0, 0.1) is 5.41 Å². The lowest BCUT2D eigenvalue weighted by atomic mass is 9.66. The molecule has 0 bridgehead atoms. The third kappa shape index (κ3) is 2.74. The third-order valence-electron chi connectivity index (χ3n) is 4.80. The first-order valence-electron chi connectivity index (χ1n) is 7.17. The highest BCUT2D eigenvalue weighted by atomic mass is 35.5. The van der Waals surface area contributed by atoms with Crippen LogP contribution in [0.1, 0.15) is 30.7 Å². The van der Waals surface area contributed by atoms with Gasteiger partial charge in [-0.25, -0.2) is 8.42 Å². The molecule has 2 fully saturated rings. The first-order chi connectivity index (χ1) is 9.51. The number of sulfone groups is 1. The van der Waals surface area contributed by atoms with Crippen molar-refractivity contribution in [2.24, 2.45) is 5.41 Å². The predicted octanol–water partition coefficient (Wildman–Crippen LogP) is 2.61. The Kier molecular flexibility index (Phi) is 3.82. The number of nitrogens with one attached hydrogen (secondary N) is 1. The molecular formula is C15H20ClNO2S. The summed E-state index contributed by atoms with van der Waals surface area (Å²) < 4.78 is 24.2. The summed E-state index contributed by atoms with van der Waals surface area (Å²) in [5.41, 5.74) is 1.12. The molecule has 2 aliphatic rings. The van der Waals surface area contributed by atoms with E-state index in [0.717, 1.165) is 37.4 Å². The normalized spacial score (nSPS) is 33.1. The minimum atomic E-state index is -2.89. The molecule has 2 saturated heterocycles. The van der Waals surface area contributed by atoms with Gasteiger partial charge in [-0.2, -0.15) is 0 Å². The monoisotopic (exact) mass is 313 g/mol. The molecule has 3 rings (SSSR count). The lowest BCUT2D eigenvalue weighted by Crippen LogP contribution is -2.49. The van der Waals surface area contributed by atoms with Crippen LogP contribution in [-0.4, -0.2) is 33.0 Å². The minimum absolute atomic E-state index is 0.0871. The van der Waals surface area contributed by atoms with Gasteiger partial charge in [0.1, 0.15) is 0 Å². The van der Waals surface area contributed by atoms with Gasteiger partial charge in [0.25, 0.3) is 0 Å². The summed E-state index contributed by atoms with van der Waals surface area (Å²) in [5.74, 6) is 0.966. The van der Waals surface area contributed by atoms with Crippen LogP contribution in [0.5, 0.6) is 0 Å². The second-order valence-electron chi connectivity index (χ2n) is 6.12. The molecule has 5 heteroatoms. The van der Waals surface area contributed by atoms with Gasteiger partial charge >= 0.3 is 0 Å². The predicted molar refractivity (Wildman–Crippen MR) is 82.0 cm³/mol. The van der Waals surface area contributed by atoms with E-state index in [0.29, 0.717) is 11.5 Å². The number of hydrogen-bond donors (Lipinski definition) is 1. The van der Waals surface area contributed by atoms with E-state index in [-0.39, 0.29) is 11.3 Å². The molecule has 0 radical (unpaired) electrons. The second-order valence-corrected chi connectivity index (χ2v) is 8.74. The Hall–Kier alpha value is -0.580. The molecule has 0 aliphatic carbocycles. The zero-order chi connectivity index (χ0) is 14.2. The molecule has 2 aliphatic heterocycles. The maximum atomic E-state index is 12.1. The van der Waals surface area contributed by atoms with E-state index >= 15 is 0 Å². The summed E-state index contributed by atoms with van der Waals surface area (Å²) in [6.45, 7) is 1.77. The molecule has 1 aromatic carbocycles. The summed E-state index contributed by atoms with van der Waals surface area (Å²) in [5, 5.41) is 4.14.